The average Bonchev–Trinajstić information content (AvgIpc) is 2.97. The van der Waals surface area contributed by atoms with Gasteiger partial charge in [0.1, 0.15) is 0 Å². The Morgan fingerprint density at radius 1 is 1.44 bits per heavy atom. The highest BCUT2D eigenvalue weighted by atomic mass is 32.1. The van der Waals surface area contributed by atoms with Crippen LogP contribution in [-0.4, -0.2) is 33.9 Å². The van der Waals surface area contributed by atoms with Crippen LogP contribution in [0.4, 0.5) is 0 Å². The molecule has 2 aliphatic rings. The molecule has 6 heteroatoms. The summed E-state index contributed by atoms with van der Waals surface area (Å²) >= 11 is 1.68. The molecule has 1 saturated carbocycles. The number of H-pyrrole nitrogens is 1. The summed E-state index contributed by atoms with van der Waals surface area (Å²) < 4.78 is 0. The van der Waals surface area contributed by atoms with Gasteiger partial charge in [-0.05, 0) is 36.1 Å². The van der Waals surface area contributed by atoms with E-state index in [9.17, 15) is 9.59 Å². The molecule has 0 aromatic carbocycles. The van der Waals surface area contributed by atoms with E-state index in [1.54, 1.807) is 17.4 Å². The van der Waals surface area contributed by atoms with Gasteiger partial charge in [0.2, 0.25) is 5.91 Å². The number of hydrogen-bond acceptors (Lipinski definition) is 4. The fourth-order valence-electron chi connectivity index (χ4n) is 4.31. The number of thiophene rings is 1. The first-order chi connectivity index (χ1) is 11.9. The van der Waals surface area contributed by atoms with Gasteiger partial charge in [0.05, 0.1) is 17.4 Å². The molecule has 0 unspecified atom stereocenters. The van der Waals surface area contributed by atoms with Crippen LogP contribution < -0.4 is 5.56 Å². The van der Waals surface area contributed by atoms with E-state index in [0.717, 1.165) is 31.5 Å². The van der Waals surface area contributed by atoms with E-state index >= 15 is 0 Å². The first kappa shape index (κ1) is 16.5. The Hall–Kier alpha value is -1.95. The van der Waals surface area contributed by atoms with Gasteiger partial charge in [-0.15, -0.1) is 11.3 Å². The summed E-state index contributed by atoms with van der Waals surface area (Å²) in [6.07, 6.45) is 4.28. The molecule has 2 fully saturated rings. The number of amides is 1. The van der Waals surface area contributed by atoms with Crippen molar-refractivity contribution in [2.45, 2.75) is 44.4 Å². The van der Waals surface area contributed by atoms with Crippen LogP contribution in [0, 0.1) is 5.41 Å². The third-order valence-corrected chi connectivity index (χ3v) is 6.90. The topological polar surface area (TPSA) is 66.1 Å². The first-order valence-corrected chi connectivity index (χ1v) is 9.70. The Kier molecular flexibility index (Phi) is 3.83. The highest BCUT2D eigenvalue weighted by Gasteiger charge is 2.68. The fraction of sp³-hybridized carbons (Fsp3) is 0.526. The number of likely N-dealkylation sites (tertiary alicyclic amines) is 1. The molecule has 3 heterocycles. The molecule has 4 rings (SSSR count). The number of carbonyl (C=O) groups excluding carboxylic acids is 1. The van der Waals surface area contributed by atoms with Gasteiger partial charge in [0, 0.05) is 30.0 Å². The Balaban J connectivity index is 1.59. The van der Waals surface area contributed by atoms with Gasteiger partial charge in [-0.25, -0.2) is 4.98 Å². The van der Waals surface area contributed by atoms with E-state index in [2.05, 4.69) is 35.3 Å². The summed E-state index contributed by atoms with van der Waals surface area (Å²) in [4.78, 5) is 35.1. The number of hydrogen-bond donors (Lipinski definition) is 1. The molecule has 0 radical (unpaired) electrons. The quantitative estimate of drug-likeness (QED) is 0.918. The Morgan fingerprint density at radius 3 is 2.88 bits per heavy atom. The molecule has 25 heavy (non-hydrogen) atoms. The summed E-state index contributed by atoms with van der Waals surface area (Å²) in [5, 5.41) is 2.05. The Morgan fingerprint density at radius 2 is 2.24 bits per heavy atom. The molecule has 2 atom stereocenters. The number of aromatic amines is 1. The van der Waals surface area contributed by atoms with Gasteiger partial charge >= 0.3 is 0 Å². The van der Waals surface area contributed by atoms with Gasteiger partial charge < -0.3 is 9.88 Å². The molecular formula is C19H23N3O2S. The average molecular weight is 357 g/mol. The third kappa shape index (κ3) is 2.63. The van der Waals surface area contributed by atoms with E-state index in [4.69, 9.17) is 0 Å². The minimum atomic E-state index is -0.370. The third-order valence-electron chi connectivity index (χ3n) is 5.87. The van der Waals surface area contributed by atoms with Crippen LogP contribution in [0.25, 0.3) is 0 Å². The zero-order chi connectivity index (χ0) is 17.7. The number of rotatable bonds is 3. The SMILES string of the molecule is CC1(C)C[C@@]1(C(=O)N1CCC[C@H](c2cc(=O)[nH]cn2)C1)c1cccs1. The summed E-state index contributed by atoms with van der Waals surface area (Å²) in [7, 11) is 0. The molecule has 1 aliphatic heterocycles. The second-order valence-corrected chi connectivity index (χ2v) is 8.82. The maximum Gasteiger partial charge on any atom is 0.250 e. The largest absolute Gasteiger partial charge is 0.341 e. The standard InChI is InChI=1S/C19H23N3O2S/c1-18(2)11-19(18,15-6-4-8-25-15)17(24)22-7-3-5-13(10-22)14-9-16(23)21-12-20-14/h4,6,8-9,12-13H,3,5,7,10-11H2,1-2H3,(H,20,21,23)/t13-,19-/m0/s1. The van der Waals surface area contributed by atoms with Crippen LogP contribution in [-0.2, 0) is 10.2 Å². The molecule has 0 spiro atoms. The Labute approximate surface area is 151 Å². The molecule has 132 valence electrons. The molecule has 1 aliphatic carbocycles. The maximum atomic E-state index is 13.5. The smallest absolute Gasteiger partial charge is 0.250 e. The minimum Gasteiger partial charge on any atom is -0.341 e. The van der Waals surface area contributed by atoms with Crippen molar-refractivity contribution in [3.05, 3.63) is 50.8 Å². The highest BCUT2D eigenvalue weighted by molar-refractivity contribution is 7.10. The molecule has 0 bridgehead atoms. The summed E-state index contributed by atoms with van der Waals surface area (Å²) in [5.74, 6) is 0.386. The lowest BCUT2D eigenvalue weighted by molar-refractivity contribution is -0.136. The molecule has 1 amide bonds. The Bertz CT molecular complexity index is 842. The van der Waals surface area contributed by atoms with Crippen molar-refractivity contribution < 1.29 is 4.79 Å². The predicted molar refractivity (Wildman–Crippen MR) is 97.8 cm³/mol. The zero-order valence-electron chi connectivity index (χ0n) is 14.6. The van der Waals surface area contributed by atoms with Gasteiger partial charge in [-0.1, -0.05) is 19.9 Å². The van der Waals surface area contributed by atoms with E-state index < -0.39 is 0 Å². The number of piperidine rings is 1. The number of nitrogens with zero attached hydrogens (tertiary/aromatic N) is 2. The van der Waals surface area contributed by atoms with Crippen molar-refractivity contribution in [3.8, 4) is 0 Å². The minimum absolute atomic E-state index is 0.00399. The number of aromatic nitrogens is 2. The van der Waals surface area contributed by atoms with Gasteiger partial charge in [0.25, 0.3) is 5.56 Å². The number of nitrogens with one attached hydrogen (secondary N) is 1. The maximum absolute atomic E-state index is 13.5. The predicted octanol–water partition coefficient (Wildman–Crippen LogP) is 2.91. The zero-order valence-corrected chi connectivity index (χ0v) is 15.4. The van der Waals surface area contributed by atoms with Crippen molar-refractivity contribution in [3.63, 3.8) is 0 Å². The summed E-state index contributed by atoms with van der Waals surface area (Å²) in [6, 6.07) is 5.69. The van der Waals surface area contributed by atoms with E-state index in [-0.39, 0.29) is 28.2 Å². The number of carbonyl (C=O) groups is 1. The monoisotopic (exact) mass is 357 g/mol. The van der Waals surface area contributed by atoms with E-state index in [0.29, 0.717) is 6.54 Å². The summed E-state index contributed by atoms with van der Waals surface area (Å²) in [6.45, 7) is 5.81. The van der Waals surface area contributed by atoms with Crippen LogP contribution in [0.5, 0.6) is 0 Å². The van der Waals surface area contributed by atoms with Crippen molar-refractivity contribution in [1.29, 1.82) is 0 Å². The molecule has 5 nitrogen and oxygen atoms in total. The van der Waals surface area contributed by atoms with Crippen molar-refractivity contribution in [1.82, 2.24) is 14.9 Å². The first-order valence-electron chi connectivity index (χ1n) is 8.82. The van der Waals surface area contributed by atoms with Crippen LogP contribution in [0.1, 0.15) is 49.6 Å². The summed E-state index contributed by atoms with van der Waals surface area (Å²) in [5.41, 5.74) is 0.294. The lowest BCUT2D eigenvalue weighted by Crippen LogP contribution is -2.46. The fourth-order valence-corrected chi connectivity index (χ4v) is 5.41. The van der Waals surface area contributed by atoms with Crippen LogP contribution >= 0.6 is 11.3 Å². The van der Waals surface area contributed by atoms with Gasteiger partial charge in [0.15, 0.2) is 0 Å². The lowest BCUT2D eigenvalue weighted by atomic mass is 9.89. The van der Waals surface area contributed by atoms with Crippen LogP contribution in [0.3, 0.4) is 0 Å². The van der Waals surface area contributed by atoms with Crippen molar-refractivity contribution in [2.75, 3.05) is 13.1 Å². The van der Waals surface area contributed by atoms with E-state index in [1.807, 2.05) is 11.0 Å². The van der Waals surface area contributed by atoms with Crippen molar-refractivity contribution in [2.24, 2.45) is 5.41 Å². The second-order valence-electron chi connectivity index (χ2n) is 7.87. The molecule has 2 aromatic rings. The second kappa shape index (κ2) is 5.80. The molecular weight excluding hydrogens is 334 g/mol. The van der Waals surface area contributed by atoms with Gasteiger partial charge in [-0.3, -0.25) is 9.59 Å². The van der Waals surface area contributed by atoms with Gasteiger partial charge in [-0.2, -0.15) is 0 Å². The van der Waals surface area contributed by atoms with Crippen LogP contribution in [0.2, 0.25) is 0 Å². The van der Waals surface area contributed by atoms with Crippen molar-refractivity contribution >= 4 is 17.2 Å². The molecule has 1 saturated heterocycles. The molecule has 1 N–H and O–H groups in total. The van der Waals surface area contributed by atoms with Crippen LogP contribution in [0.15, 0.2) is 34.7 Å². The normalized spacial score (nSPS) is 27.9. The lowest BCUT2D eigenvalue weighted by Gasteiger charge is -2.35. The van der Waals surface area contributed by atoms with E-state index in [1.165, 1.54) is 11.2 Å². The highest BCUT2D eigenvalue weighted by Crippen LogP contribution is 2.66. The molecule has 2 aromatic heterocycles.